The number of alkyl halides is 3. The molecule has 0 bridgehead atoms. The minimum Gasteiger partial charge on any atom is -0.387 e. The minimum absolute atomic E-state index is 0.0391. The molecular formula is C12H14F5NO2. The summed E-state index contributed by atoms with van der Waals surface area (Å²) in [6.07, 6.45) is -8.58. The van der Waals surface area contributed by atoms with Crippen molar-refractivity contribution in [2.75, 3.05) is 20.1 Å². The van der Waals surface area contributed by atoms with Gasteiger partial charge in [-0.3, -0.25) is 0 Å². The van der Waals surface area contributed by atoms with E-state index in [4.69, 9.17) is 5.11 Å². The Morgan fingerprint density at radius 3 is 2.20 bits per heavy atom. The van der Waals surface area contributed by atoms with Gasteiger partial charge in [-0.25, -0.2) is 8.78 Å². The first-order chi connectivity index (χ1) is 9.11. The highest BCUT2D eigenvalue weighted by atomic mass is 19.4. The second kappa shape index (κ2) is 6.47. The molecule has 2 N–H and O–H groups in total. The third-order valence-electron chi connectivity index (χ3n) is 2.68. The number of aliphatic hydroxyl groups excluding tert-OH is 2. The molecule has 0 aromatic heterocycles. The van der Waals surface area contributed by atoms with Crippen molar-refractivity contribution in [3.8, 4) is 0 Å². The number of hydrogen-bond acceptors (Lipinski definition) is 3. The molecule has 8 heteroatoms. The Balaban J connectivity index is 2.61. The number of likely N-dealkylation sites (N-methyl/N-ethyl adjacent to an activating group) is 1. The quantitative estimate of drug-likeness (QED) is 0.816. The maximum Gasteiger partial charge on any atom is 0.415 e. The SMILES string of the molecule is CN(CC(O)c1ccc(F)c(F)c1)CC(O)C(F)(F)F. The second-order valence-corrected chi connectivity index (χ2v) is 4.47. The Morgan fingerprint density at radius 2 is 1.70 bits per heavy atom. The molecule has 1 rings (SSSR count). The van der Waals surface area contributed by atoms with Crippen molar-refractivity contribution in [2.45, 2.75) is 18.4 Å². The topological polar surface area (TPSA) is 43.7 Å². The van der Waals surface area contributed by atoms with Gasteiger partial charge in [-0.2, -0.15) is 13.2 Å². The van der Waals surface area contributed by atoms with Crippen LogP contribution in [-0.2, 0) is 0 Å². The fraction of sp³-hybridized carbons (Fsp3) is 0.500. The van der Waals surface area contributed by atoms with Crippen molar-refractivity contribution < 1.29 is 32.2 Å². The van der Waals surface area contributed by atoms with Gasteiger partial charge in [-0.1, -0.05) is 6.07 Å². The van der Waals surface area contributed by atoms with E-state index in [0.717, 1.165) is 23.1 Å². The van der Waals surface area contributed by atoms with E-state index in [2.05, 4.69) is 0 Å². The maximum absolute atomic E-state index is 13.0. The molecule has 0 amide bonds. The third-order valence-corrected chi connectivity index (χ3v) is 2.68. The molecule has 0 radical (unpaired) electrons. The maximum atomic E-state index is 13.0. The second-order valence-electron chi connectivity index (χ2n) is 4.47. The molecule has 1 aromatic rings. The first-order valence-electron chi connectivity index (χ1n) is 5.67. The first-order valence-corrected chi connectivity index (χ1v) is 5.67. The van der Waals surface area contributed by atoms with Gasteiger partial charge in [0.2, 0.25) is 0 Å². The number of nitrogens with zero attached hydrogens (tertiary/aromatic N) is 1. The summed E-state index contributed by atoms with van der Waals surface area (Å²) in [5.74, 6) is -2.23. The minimum atomic E-state index is -4.75. The number of benzene rings is 1. The molecule has 0 fully saturated rings. The van der Waals surface area contributed by atoms with Gasteiger partial charge in [0.05, 0.1) is 6.10 Å². The van der Waals surface area contributed by atoms with Crippen LogP contribution in [0.3, 0.4) is 0 Å². The Kier molecular flexibility index (Phi) is 5.43. The number of hydrogen-bond donors (Lipinski definition) is 2. The number of rotatable bonds is 5. The van der Waals surface area contributed by atoms with Crippen molar-refractivity contribution in [1.29, 1.82) is 0 Å². The summed E-state index contributed by atoms with van der Waals surface area (Å²) in [7, 11) is 1.26. The smallest absolute Gasteiger partial charge is 0.387 e. The van der Waals surface area contributed by atoms with E-state index < -0.39 is 36.6 Å². The summed E-state index contributed by atoms with van der Waals surface area (Å²) in [6, 6.07) is 2.73. The average molecular weight is 299 g/mol. The predicted molar refractivity (Wildman–Crippen MR) is 60.9 cm³/mol. The van der Waals surface area contributed by atoms with Gasteiger partial charge in [0.15, 0.2) is 17.7 Å². The monoisotopic (exact) mass is 299 g/mol. The van der Waals surface area contributed by atoms with Gasteiger partial charge < -0.3 is 15.1 Å². The van der Waals surface area contributed by atoms with E-state index in [1.807, 2.05) is 0 Å². The van der Waals surface area contributed by atoms with Crippen LogP contribution in [0.2, 0.25) is 0 Å². The molecule has 0 heterocycles. The number of aliphatic hydroxyl groups is 2. The van der Waals surface area contributed by atoms with Crippen LogP contribution < -0.4 is 0 Å². The molecule has 2 unspecified atom stereocenters. The summed E-state index contributed by atoms with van der Waals surface area (Å²) in [4.78, 5) is 1.05. The zero-order valence-electron chi connectivity index (χ0n) is 10.5. The van der Waals surface area contributed by atoms with Crippen LogP contribution in [0.1, 0.15) is 11.7 Å². The Hall–Kier alpha value is -1.25. The van der Waals surface area contributed by atoms with Crippen LogP contribution in [0.5, 0.6) is 0 Å². The summed E-state index contributed by atoms with van der Waals surface area (Å²) < 4.78 is 62.1. The largest absolute Gasteiger partial charge is 0.415 e. The van der Waals surface area contributed by atoms with E-state index in [9.17, 15) is 27.1 Å². The molecule has 0 saturated heterocycles. The lowest BCUT2D eigenvalue weighted by atomic mass is 10.1. The molecule has 0 aliphatic heterocycles. The number of halogens is 5. The summed E-state index contributed by atoms with van der Waals surface area (Å²) in [6.45, 7) is -0.998. The standard InChI is InChI=1S/C12H14F5NO2/c1-18(6-11(20)12(15,16)17)5-10(19)7-2-3-8(13)9(14)4-7/h2-4,10-11,19-20H,5-6H2,1H3. The molecular weight excluding hydrogens is 285 g/mol. The highest BCUT2D eigenvalue weighted by Gasteiger charge is 2.38. The van der Waals surface area contributed by atoms with Crippen molar-refractivity contribution in [1.82, 2.24) is 4.90 Å². The van der Waals surface area contributed by atoms with E-state index in [1.165, 1.54) is 7.05 Å². The molecule has 0 spiro atoms. The fourth-order valence-corrected chi connectivity index (χ4v) is 1.59. The van der Waals surface area contributed by atoms with E-state index in [0.29, 0.717) is 0 Å². The van der Waals surface area contributed by atoms with Gasteiger partial charge in [-0.05, 0) is 24.7 Å². The van der Waals surface area contributed by atoms with Crippen LogP contribution in [0, 0.1) is 11.6 Å². The highest BCUT2D eigenvalue weighted by Crippen LogP contribution is 2.22. The molecule has 0 aliphatic rings. The van der Waals surface area contributed by atoms with Gasteiger partial charge in [-0.15, -0.1) is 0 Å². The lowest BCUT2D eigenvalue weighted by molar-refractivity contribution is -0.207. The third kappa shape index (κ3) is 4.69. The molecule has 2 atom stereocenters. The van der Waals surface area contributed by atoms with Crippen molar-refractivity contribution >= 4 is 0 Å². The molecule has 0 saturated carbocycles. The summed E-state index contributed by atoms with van der Waals surface area (Å²) in [5.41, 5.74) is 0.0391. The van der Waals surface area contributed by atoms with Gasteiger partial charge in [0.1, 0.15) is 0 Å². The van der Waals surface area contributed by atoms with Gasteiger partial charge in [0, 0.05) is 13.1 Å². The summed E-state index contributed by atoms with van der Waals surface area (Å²) in [5, 5.41) is 18.6. The lowest BCUT2D eigenvalue weighted by Crippen LogP contribution is -2.40. The Labute approximate surface area is 112 Å². The zero-order chi connectivity index (χ0) is 15.5. The highest BCUT2D eigenvalue weighted by molar-refractivity contribution is 5.20. The molecule has 3 nitrogen and oxygen atoms in total. The molecule has 114 valence electrons. The molecule has 20 heavy (non-hydrogen) atoms. The van der Waals surface area contributed by atoms with E-state index in [-0.39, 0.29) is 12.1 Å². The van der Waals surface area contributed by atoms with Gasteiger partial charge in [0.25, 0.3) is 0 Å². The lowest BCUT2D eigenvalue weighted by Gasteiger charge is -2.24. The average Bonchev–Trinajstić information content (AvgIpc) is 2.31. The van der Waals surface area contributed by atoms with E-state index >= 15 is 0 Å². The normalized spacial score (nSPS) is 15.4. The van der Waals surface area contributed by atoms with E-state index in [1.54, 1.807) is 0 Å². The Bertz CT molecular complexity index is 452. The van der Waals surface area contributed by atoms with Crippen molar-refractivity contribution in [2.24, 2.45) is 0 Å². The first kappa shape index (κ1) is 16.8. The predicted octanol–water partition coefficient (Wildman–Crippen LogP) is 1.85. The van der Waals surface area contributed by atoms with Crippen molar-refractivity contribution in [3.63, 3.8) is 0 Å². The summed E-state index contributed by atoms with van der Waals surface area (Å²) >= 11 is 0. The molecule has 1 aromatic carbocycles. The van der Waals surface area contributed by atoms with Crippen LogP contribution >= 0.6 is 0 Å². The van der Waals surface area contributed by atoms with Crippen LogP contribution in [0.15, 0.2) is 18.2 Å². The Morgan fingerprint density at radius 1 is 1.10 bits per heavy atom. The van der Waals surface area contributed by atoms with Gasteiger partial charge >= 0.3 is 6.18 Å². The van der Waals surface area contributed by atoms with Crippen LogP contribution in [-0.4, -0.2) is 47.5 Å². The van der Waals surface area contributed by atoms with Crippen LogP contribution in [0.25, 0.3) is 0 Å². The fourth-order valence-electron chi connectivity index (χ4n) is 1.59. The molecule has 0 aliphatic carbocycles. The van der Waals surface area contributed by atoms with Crippen LogP contribution in [0.4, 0.5) is 22.0 Å². The van der Waals surface area contributed by atoms with Crippen molar-refractivity contribution in [3.05, 3.63) is 35.4 Å². The zero-order valence-corrected chi connectivity index (χ0v) is 10.5.